The molecular weight excluding hydrogens is 264 g/mol. The van der Waals surface area contributed by atoms with Crippen molar-refractivity contribution in [2.75, 3.05) is 0 Å². The molecule has 0 heterocycles. The summed E-state index contributed by atoms with van der Waals surface area (Å²) in [6.07, 6.45) is 25.4. The second-order valence-corrected chi connectivity index (χ2v) is 7.32. The first kappa shape index (κ1) is 19.5. The molecule has 0 aliphatic heterocycles. The molecular formula is C22H40. The maximum Gasteiger partial charge on any atom is -0.0139 e. The number of rotatable bonds is 12. The second-order valence-electron chi connectivity index (χ2n) is 7.32. The first-order chi connectivity index (χ1) is 10.8. The zero-order chi connectivity index (χ0) is 16.0. The van der Waals surface area contributed by atoms with E-state index in [2.05, 4.69) is 39.0 Å². The van der Waals surface area contributed by atoms with Crippen molar-refractivity contribution in [2.45, 2.75) is 104 Å². The molecule has 0 heteroatoms. The van der Waals surface area contributed by atoms with Gasteiger partial charge in [0.15, 0.2) is 0 Å². The Labute approximate surface area is 140 Å². The Morgan fingerprint density at radius 2 is 1.77 bits per heavy atom. The highest BCUT2D eigenvalue weighted by Crippen LogP contribution is 2.34. The first-order valence-corrected chi connectivity index (χ1v) is 10.2. The molecule has 0 aromatic rings. The zero-order valence-corrected chi connectivity index (χ0v) is 15.6. The van der Waals surface area contributed by atoms with Crippen molar-refractivity contribution in [3.63, 3.8) is 0 Å². The van der Waals surface area contributed by atoms with Crippen molar-refractivity contribution >= 4 is 0 Å². The van der Waals surface area contributed by atoms with Crippen LogP contribution in [0.25, 0.3) is 0 Å². The van der Waals surface area contributed by atoms with E-state index in [-0.39, 0.29) is 0 Å². The SMILES string of the molecule is CCCCCCC/C=C/C1=CCCCC1C(C)CCCCC. The van der Waals surface area contributed by atoms with Gasteiger partial charge < -0.3 is 0 Å². The molecule has 128 valence electrons. The molecule has 0 N–H and O–H groups in total. The molecule has 2 unspecified atom stereocenters. The van der Waals surface area contributed by atoms with Gasteiger partial charge >= 0.3 is 0 Å². The van der Waals surface area contributed by atoms with E-state index >= 15 is 0 Å². The highest BCUT2D eigenvalue weighted by Gasteiger charge is 2.21. The number of hydrogen-bond acceptors (Lipinski definition) is 0. The Morgan fingerprint density at radius 1 is 1.05 bits per heavy atom. The summed E-state index contributed by atoms with van der Waals surface area (Å²) in [6.45, 7) is 7.08. The smallest absolute Gasteiger partial charge is 0.0139 e. The van der Waals surface area contributed by atoms with Crippen molar-refractivity contribution in [3.05, 3.63) is 23.8 Å². The lowest BCUT2D eigenvalue weighted by Gasteiger charge is -2.28. The number of hydrogen-bond donors (Lipinski definition) is 0. The van der Waals surface area contributed by atoms with Crippen LogP contribution >= 0.6 is 0 Å². The van der Waals surface area contributed by atoms with Crippen LogP contribution in [0.3, 0.4) is 0 Å². The Balaban J connectivity index is 2.33. The number of allylic oxidation sites excluding steroid dienone is 4. The van der Waals surface area contributed by atoms with Crippen LogP contribution in [0.15, 0.2) is 23.8 Å². The lowest BCUT2D eigenvalue weighted by atomic mass is 9.77. The Kier molecular flexibility index (Phi) is 11.5. The summed E-state index contributed by atoms with van der Waals surface area (Å²) in [4.78, 5) is 0. The third-order valence-electron chi connectivity index (χ3n) is 5.26. The normalized spacial score (nSPS) is 20.3. The van der Waals surface area contributed by atoms with Crippen LogP contribution in [-0.2, 0) is 0 Å². The molecule has 0 amide bonds. The van der Waals surface area contributed by atoms with Crippen LogP contribution in [0.4, 0.5) is 0 Å². The Bertz CT molecular complexity index is 310. The summed E-state index contributed by atoms with van der Waals surface area (Å²) in [5.74, 6) is 1.70. The standard InChI is InChI=1S/C22H40/c1-4-6-8-9-10-11-13-17-21-18-14-15-19-22(21)20(3)16-12-7-5-2/h13,17-18,20,22H,4-12,14-16,19H2,1-3H3/b17-13+. The van der Waals surface area contributed by atoms with Crippen LogP contribution in [0.2, 0.25) is 0 Å². The van der Waals surface area contributed by atoms with E-state index in [1.54, 1.807) is 5.57 Å². The van der Waals surface area contributed by atoms with Gasteiger partial charge in [-0.1, -0.05) is 90.4 Å². The van der Waals surface area contributed by atoms with Gasteiger partial charge in [-0.3, -0.25) is 0 Å². The monoisotopic (exact) mass is 304 g/mol. The molecule has 0 spiro atoms. The molecule has 22 heavy (non-hydrogen) atoms. The van der Waals surface area contributed by atoms with Crippen molar-refractivity contribution in [3.8, 4) is 0 Å². The first-order valence-electron chi connectivity index (χ1n) is 10.2. The van der Waals surface area contributed by atoms with Gasteiger partial charge in [-0.25, -0.2) is 0 Å². The summed E-state index contributed by atoms with van der Waals surface area (Å²) in [6, 6.07) is 0. The van der Waals surface area contributed by atoms with Gasteiger partial charge in [0.2, 0.25) is 0 Å². The fourth-order valence-corrected chi connectivity index (χ4v) is 3.73. The summed E-state index contributed by atoms with van der Waals surface area (Å²) in [7, 11) is 0. The fourth-order valence-electron chi connectivity index (χ4n) is 3.73. The fraction of sp³-hybridized carbons (Fsp3) is 0.818. The minimum atomic E-state index is 0.835. The van der Waals surface area contributed by atoms with Gasteiger partial charge in [0.25, 0.3) is 0 Å². The maximum atomic E-state index is 2.53. The van der Waals surface area contributed by atoms with Gasteiger partial charge in [0.05, 0.1) is 0 Å². The Morgan fingerprint density at radius 3 is 2.55 bits per heavy atom. The maximum absolute atomic E-state index is 2.53. The minimum absolute atomic E-state index is 0.835. The van der Waals surface area contributed by atoms with E-state index < -0.39 is 0 Å². The predicted octanol–water partition coefficient (Wildman–Crippen LogP) is 7.85. The van der Waals surface area contributed by atoms with Crippen molar-refractivity contribution in [2.24, 2.45) is 11.8 Å². The average Bonchev–Trinajstić information content (AvgIpc) is 2.54. The zero-order valence-electron chi connectivity index (χ0n) is 15.6. The summed E-state index contributed by atoms with van der Waals surface area (Å²) in [5, 5.41) is 0. The molecule has 0 aromatic heterocycles. The molecule has 0 bridgehead atoms. The molecule has 0 radical (unpaired) electrons. The van der Waals surface area contributed by atoms with Crippen molar-refractivity contribution in [1.82, 2.24) is 0 Å². The summed E-state index contributed by atoms with van der Waals surface area (Å²) in [5.41, 5.74) is 1.66. The van der Waals surface area contributed by atoms with Gasteiger partial charge in [-0.2, -0.15) is 0 Å². The van der Waals surface area contributed by atoms with Crippen LogP contribution in [0, 0.1) is 11.8 Å². The van der Waals surface area contributed by atoms with Gasteiger partial charge in [0, 0.05) is 0 Å². The van der Waals surface area contributed by atoms with Crippen LogP contribution in [-0.4, -0.2) is 0 Å². The quantitative estimate of drug-likeness (QED) is 0.322. The van der Waals surface area contributed by atoms with E-state index in [0.29, 0.717) is 0 Å². The van der Waals surface area contributed by atoms with E-state index in [9.17, 15) is 0 Å². The van der Waals surface area contributed by atoms with Crippen molar-refractivity contribution < 1.29 is 0 Å². The topological polar surface area (TPSA) is 0 Å². The van der Waals surface area contributed by atoms with E-state index in [1.807, 2.05) is 0 Å². The number of unbranched alkanes of at least 4 members (excludes halogenated alkanes) is 7. The van der Waals surface area contributed by atoms with Crippen LogP contribution < -0.4 is 0 Å². The van der Waals surface area contributed by atoms with Crippen molar-refractivity contribution in [1.29, 1.82) is 0 Å². The van der Waals surface area contributed by atoms with E-state index in [4.69, 9.17) is 0 Å². The third-order valence-corrected chi connectivity index (χ3v) is 5.26. The van der Waals surface area contributed by atoms with Crippen LogP contribution in [0.1, 0.15) is 104 Å². The molecule has 2 atom stereocenters. The van der Waals surface area contributed by atoms with E-state index in [0.717, 1.165) is 11.8 Å². The lowest BCUT2D eigenvalue weighted by molar-refractivity contribution is 0.340. The molecule has 1 rings (SSSR count). The molecule has 0 saturated carbocycles. The van der Waals surface area contributed by atoms with Gasteiger partial charge in [0.1, 0.15) is 0 Å². The van der Waals surface area contributed by atoms with E-state index in [1.165, 1.54) is 83.5 Å². The largest absolute Gasteiger partial charge is 0.0843 e. The van der Waals surface area contributed by atoms with Crippen LogP contribution in [0.5, 0.6) is 0 Å². The second kappa shape index (κ2) is 13.0. The molecule has 1 aliphatic carbocycles. The molecule has 1 aliphatic rings. The minimum Gasteiger partial charge on any atom is -0.0843 e. The highest BCUT2D eigenvalue weighted by molar-refractivity contribution is 5.24. The molecule has 0 fully saturated rings. The molecule has 0 nitrogen and oxygen atoms in total. The molecule has 0 saturated heterocycles. The summed E-state index contributed by atoms with van der Waals surface area (Å²) >= 11 is 0. The summed E-state index contributed by atoms with van der Waals surface area (Å²) < 4.78 is 0. The van der Waals surface area contributed by atoms with Gasteiger partial charge in [-0.15, -0.1) is 0 Å². The molecule has 0 aromatic carbocycles. The average molecular weight is 305 g/mol. The lowest BCUT2D eigenvalue weighted by Crippen LogP contribution is -2.16. The van der Waals surface area contributed by atoms with Gasteiger partial charge in [-0.05, 0) is 49.5 Å². The Hall–Kier alpha value is -0.520. The highest BCUT2D eigenvalue weighted by atomic mass is 14.3. The predicted molar refractivity (Wildman–Crippen MR) is 101 cm³/mol. The third kappa shape index (κ3) is 8.20.